The molecule has 1 aromatic heterocycles. The highest BCUT2D eigenvalue weighted by Crippen LogP contribution is 2.32. The van der Waals surface area contributed by atoms with Gasteiger partial charge in [0.15, 0.2) is 11.5 Å². The lowest BCUT2D eigenvalue weighted by molar-refractivity contribution is -0.129. The number of aromatic amines is 1. The van der Waals surface area contributed by atoms with E-state index in [4.69, 9.17) is 9.47 Å². The maximum atomic E-state index is 12.6. The number of rotatable bonds is 6. The van der Waals surface area contributed by atoms with Gasteiger partial charge in [-0.3, -0.25) is 9.59 Å². The van der Waals surface area contributed by atoms with Crippen molar-refractivity contribution in [3.05, 3.63) is 59.3 Å². The van der Waals surface area contributed by atoms with Crippen LogP contribution in [0.5, 0.6) is 11.5 Å². The van der Waals surface area contributed by atoms with E-state index in [1.54, 1.807) is 4.90 Å². The molecule has 3 aromatic rings. The Morgan fingerprint density at radius 1 is 1.19 bits per heavy atom. The summed E-state index contributed by atoms with van der Waals surface area (Å²) in [5.41, 5.74) is 4.45. The highest BCUT2D eigenvalue weighted by atomic mass is 16.7. The van der Waals surface area contributed by atoms with Crippen molar-refractivity contribution >= 4 is 22.7 Å². The van der Waals surface area contributed by atoms with Crippen molar-refractivity contribution in [1.29, 1.82) is 0 Å². The number of H-pyrrole nitrogens is 1. The molecule has 2 N–H and O–H groups in total. The average molecular weight is 419 g/mol. The molecule has 0 radical (unpaired) electrons. The van der Waals surface area contributed by atoms with Crippen LogP contribution < -0.4 is 14.8 Å². The summed E-state index contributed by atoms with van der Waals surface area (Å²) in [7, 11) is 0. The fourth-order valence-electron chi connectivity index (χ4n) is 4.30. The van der Waals surface area contributed by atoms with Crippen molar-refractivity contribution in [3.8, 4) is 11.5 Å². The third kappa shape index (κ3) is 3.95. The van der Waals surface area contributed by atoms with Crippen LogP contribution in [-0.4, -0.2) is 41.6 Å². The van der Waals surface area contributed by atoms with Gasteiger partial charge in [0, 0.05) is 43.2 Å². The van der Waals surface area contributed by atoms with E-state index in [2.05, 4.69) is 35.4 Å². The second-order valence-corrected chi connectivity index (χ2v) is 8.26. The summed E-state index contributed by atoms with van der Waals surface area (Å²) < 4.78 is 10.7. The predicted molar refractivity (Wildman–Crippen MR) is 116 cm³/mol. The third-order valence-electron chi connectivity index (χ3n) is 6.06. The van der Waals surface area contributed by atoms with E-state index >= 15 is 0 Å². The molecule has 3 heterocycles. The zero-order valence-corrected chi connectivity index (χ0v) is 17.4. The Labute approximate surface area is 180 Å². The van der Waals surface area contributed by atoms with Gasteiger partial charge in [0.2, 0.25) is 18.6 Å². The van der Waals surface area contributed by atoms with Gasteiger partial charge in [-0.2, -0.15) is 0 Å². The van der Waals surface area contributed by atoms with E-state index in [1.807, 2.05) is 24.4 Å². The molecule has 0 bridgehead atoms. The highest BCUT2D eigenvalue weighted by molar-refractivity contribution is 5.89. The summed E-state index contributed by atoms with van der Waals surface area (Å²) in [5, 5.41) is 4.15. The topological polar surface area (TPSA) is 83.7 Å². The Morgan fingerprint density at radius 2 is 2.06 bits per heavy atom. The molecule has 7 nitrogen and oxygen atoms in total. The largest absolute Gasteiger partial charge is 0.454 e. The van der Waals surface area contributed by atoms with Crippen molar-refractivity contribution in [3.63, 3.8) is 0 Å². The molecule has 31 heavy (non-hydrogen) atoms. The molecule has 2 aromatic carbocycles. The van der Waals surface area contributed by atoms with E-state index in [9.17, 15) is 9.59 Å². The van der Waals surface area contributed by atoms with Crippen LogP contribution in [0.3, 0.4) is 0 Å². The normalized spacial score (nSPS) is 17.5. The number of amides is 2. The van der Waals surface area contributed by atoms with Crippen LogP contribution in [0.1, 0.15) is 23.1 Å². The zero-order chi connectivity index (χ0) is 21.4. The number of ether oxygens (including phenoxy) is 2. The maximum Gasteiger partial charge on any atom is 0.231 e. The fraction of sp³-hybridized carbons (Fsp3) is 0.333. The maximum absolute atomic E-state index is 12.6. The molecule has 5 rings (SSSR count). The number of likely N-dealkylation sites (tertiary alicyclic amines) is 1. The van der Waals surface area contributed by atoms with Crippen molar-refractivity contribution in [2.24, 2.45) is 5.92 Å². The number of hydrogen-bond acceptors (Lipinski definition) is 4. The van der Waals surface area contributed by atoms with Gasteiger partial charge in [0.1, 0.15) is 0 Å². The number of nitrogens with one attached hydrogen (secondary N) is 2. The second-order valence-electron chi connectivity index (χ2n) is 8.26. The van der Waals surface area contributed by atoms with Crippen molar-refractivity contribution < 1.29 is 19.1 Å². The summed E-state index contributed by atoms with van der Waals surface area (Å²) in [5.74, 6) is 1.06. The van der Waals surface area contributed by atoms with Crippen LogP contribution >= 0.6 is 0 Å². The molecule has 1 fully saturated rings. The van der Waals surface area contributed by atoms with Gasteiger partial charge in [-0.1, -0.05) is 17.7 Å². The first kappa shape index (κ1) is 19.5. The SMILES string of the molecule is Cc1ccc2[nH]cc(CCN3CC(C(=O)NCc4ccc5c(c4)OCO5)CC3=O)c2c1. The smallest absolute Gasteiger partial charge is 0.231 e. The molecule has 7 heteroatoms. The molecular formula is C24H25N3O4. The minimum atomic E-state index is -0.313. The Morgan fingerprint density at radius 3 is 2.97 bits per heavy atom. The van der Waals surface area contributed by atoms with Crippen LogP contribution in [0.2, 0.25) is 0 Å². The molecule has 2 amide bonds. The molecule has 0 spiro atoms. The Kier molecular flexibility index (Phi) is 5.02. The molecule has 2 aliphatic rings. The molecule has 1 unspecified atom stereocenters. The predicted octanol–water partition coefficient (Wildman–Crippen LogP) is 2.91. The van der Waals surface area contributed by atoms with E-state index in [1.165, 1.54) is 16.5 Å². The number of benzene rings is 2. The molecule has 0 aliphatic carbocycles. The van der Waals surface area contributed by atoms with E-state index < -0.39 is 0 Å². The van der Waals surface area contributed by atoms with Crippen LogP contribution in [0.4, 0.5) is 0 Å². The molecule has 0 saturated carbocycles. The third-order valence-corrected chi connectivity index (χ3v) is 6.06. The molecule has 1 atom stereocenters. The van der Waals surface area contributed by atoms with Gasteiger partial charge in [0.05, 0.1) is 5.92 Å². The lowest BCUT2D eigenvalue weighted by Crippen LogP contribution is -2.33. The summed E-state index contributed by atoms with van der Waals surface area (Å²) >= 11 is 0. The van der Waals surface area contributed by atoms with Gasteiger partial charge in [0.25, 0.3) is 0 Å². The number of nitrogens with zero attached hydrogens (tertiary/aromatic N) is 1. The number of carbonyl (C=O) groups is 2. The van der Waals surface area contributed by atoms with E-state index in [-0.39, 0.29) is 30.9 Å². The quantitative estimate of drug-likeness (QED) is 0.644. The second kappa shape index (κ2) is 7.98. The summed E-state index contributed by atoms with van der Waals surface area (Å²) in [6, 6.07) is 12.0. The number of carbonyl (C=O) groups excluding carboxylic acids is 2. The van der Waals surface area contributed by atoms with Gasteiger partial charge in [-0.25, -0.2) is 0 Å². The van der Waals surface area contributed by atoms with Crippen molar-refractivity contribution in [1.82, 2.24) is 15.2 Å². The standard InChI is InChI=1S/C24H25N3O4/c1-15-2-4-20-19(8-15)17(12-25-20)6-7-27-13-18(10-23(27)28)24(29)26-11-16-3-5-21-22(9-16)31-14-30-21/h2-5,8-9,12,18,25H,6-7,10-11,13-14H2,1H3,(H,26,29). The first-order valence-electron chi connectivity index (χ1n) is 10.6. The highest BCUT2D eigenvalue weighted by Gasteiger charge is 2.34. The summed E-state index contributed by atoms with van der Waals surface area (Å²) in [6.45, 7) is 3.78. The van der Waals surface area contributed by atoms with Crippen LogP contribution in [0, 0.1) is 12.8 Å². The summed E-state index contributed by atoms with van der Waals surface area (Å²) in [4.78, 5) is 30.2. The van der Waals surface area contributed by atoms with Gasteiger partial charge < -0.3 is 24.7 Å². The van der Waals surface area contributed by atoms with Gasteiger partial charge in [-0.05, 0) is 48.7 Å². The lowest BCUT2D eigenvalue weighted by Gasteiger charge is -2.16. The van der Waals surface area contributed by atoms with Crippen LogP contribution in [0.25, 0.3) is 10.9 Å². The van der Waals surface area contributed by atoms with Crippen molar-refractivity contribution in [2.45, 2.75) is 26.3 Å². The number of fused-ring (bicyclic) bond motifs is 2. The Bertz CT molecular complexity index is 1150. The first-order valence-corrected chi connectivity index (χ1v) is 10.6. The van der Waals surface area contributed by atoms with Crippen molar-refractivity contribution in [2.75, 3.05) is 19.9 Å². The van der Waals surface area contributed by atoms with E-state index in [0.29, 0.717) is 25.4 Å². The number of hydrogen-bond donors (Lipinski definition) is 2. The molecular weight excluding hydrogens is 394 g/mol. The van der Waals surface area contributed by atoms with E-state index in [0.717, 1.165) is 23.3 Å². The van der Waals surface area contributed by atoms with Crippen LogP contribution in [0.15, 0.2) is 42.6 Å². The first-order chi connectivity index (χ1) is 15.1. The number of aromatic nitrogens is 1. The van der Waals surface area contributed by atoms with Crippen LogP contribution in [-0.2, 0) is 22.6 Å². The Balaban J connectivity index is 1.16. The number of aryl methyl sites for hydroxylation is 1. The Hall–Kier alpha value is -3.48. The fourth-order valence-corrected chi connectivity index (χ4v) is 4.30. The minimum Gasteiger partial charge on any atom is -0.454 e. The zero-order valence-electron chi connectivity index (χ0n) is 17.4. The monoisotopic (exact) mass is 419 g/mol. The van der Waals surface area contributed by atoms with Gasteiger partial charge >= 0.3 is 0 Å². The molecule has 160 valence electrons. The summed E-state index contributed by atoms with van der Waals surface area (Å²) in [6.07, 6.45) is 3.04. The minimum absolute atomic E-state index is 0.0410. The molecule has 2 aliphatic heterocycles. The lowest BCUT2D eigenvalue weighted by atomic mass is 10.1. The van der Waals surface area contributed by atoms with Gasteiger partial charge in [-0.15, -0.1) is 0 Å². The molecule has 1 saturated heterocycles. The average Bonchev–Trinajstić information content (AvgIpc) is 3.48.